The van der Waals surface area contributed by atoms with Gasteiger partial charge in [-0.25, -0.2) is 9.59 Å². The Morgan fingerprint density at radius 3 is 2.17 bits per heavy atom. The first-order chi connectivity index (χ1) is 16.9. The molecule has 1 aliphatic carbocycles. The van der Waals surface area contributed by atoms with Crippen LogP contribution in [0.4, 0.5) is 4.79 Å². The van der Waals surface area contributed by atoms with E-state index in [2.05, 4.69) is 17.4 Å². The highest BCUT2D eigenvalue weighted by Crippen LogP contribution is 2.44. The Kier molecular flexibility index (Phi) is 7.33. The van der Waals surface area contributed by atoms with Crippen molar-refractivity contribution in [2.75, 3.05) is 20.3 Å². The summed E-state index contributed by atoms with van der Waals surface area (Å²) in [7, 11) is 1.33. The number of ether oxygens (including phenoxy) is 2. The van der Waals surface area contributed by atoms with Crippen molar-refractivity contribution in [2.45, 2.75) is 24.5 Å². The Morgan fingerprint density at radius 2 is 1.57 bits per heavy atom. The highest BCUT2D eigenvalue weighted by molar-refractivity contribution is 5.93. The molecule has 4 rings (SSSR count). The third-order valence-corrected chi connectivity index (χ3v) is 6.23. The molecule has 0 fully saturated rings. The molecule has 8 heteroatoms. The highest BCUT2D eigenvalue weighted by Gasteiger charge is 2.29. The first-order valence-corrected chi connectivity index (χ1v) is 11.3. The van der Waals surface area contributed by atoms with Gasteiger partial charge in [-0.2, -0.15) is 0 Å². The van der Waals surface area contributed by atoms with Crippen molar-refractivity contribution in [1.29, 1.82) is 0 Å². The van der Waals surface area contributed by atoms with Crippen molar-refractivity contribution >= 4 is 12.1 Å². The molecule has 0 saturated heterocycles. The molecule has 35 heavy (non-hydrogen) atoms. The monoisotopic (exact) mass is 477 g/mol. The van der Waals surface area contributed by atoms with Crippen LogP contribution in [0.3, 0.4) is 0 Å². The van der Waals surface area contributed by atoms with Crippen LogP contribution in [0.1, 0.15) is 45.5 Å². The Bertz CT molecular complexity index is 1180. The number of carboxylic acid groups (broad SMARTS) is 1. The van der Waals surface area contributed by atoms with Crippen molar-refractivity contribution in [2.24, 2.45) is 0 Å². The predicted octanol–water partition coefficient (Wildman–Crippen LogP) is 3.72. The van der Waals surface area contributed by atoms with E-state index in [0.717, 1.165) is 22.3 Å². The second-order valence-corrected chi connectivity index (χ2v) is 8.28. The molecule has 1 amide bonds. The molecule has 0 heterocycles. The summed E-state index contributed by atoms with van der Waals surface area (Å²) in [6, 6.07) is 20.5. The van der Waals surface area contributed by atoms with Crippen LogP contribution in [0.25, 0.3) is 11.1 Å². The molecule has 1 aliphatic rings. The molecule has 0 spiro atoms. The Labute approximate surface area is 202 Å². The number of nitrogens with one attached hydrogen (secondary N) is 1. The van der Waals surface area contributed by atoms with Gasteiger partial charge in [-0.3, -0.25) is 0 Å². The van der Waals surface area contributed by atoms with Crippen LogP contribution in [0.2, 0.25) is 0 Å². The van der Waals surface area contributed by atoms with Gasteiger partial charge in [0.15, 0.2) is 0 Å². The Balaban J connectivity index is 1.32. The number of alkyl carbamates (subject to hydrolysis) is 1. The smallest absolute Gasteiger partial charge is 0.407 e. The van der Waals surface area contributed by atoms with Crippen LogP contribution >= 0.6 is 0 Å². The number of carbonyl (C=O) groups excluding carboxylic acids is 1. The average Bonchev–Trinajstić information content (AvgIpc) is 3.20. The van der Waals surface area contributed by atoms with Gasteiger partial charge >= 0.3 is 12.1 Å². The number of carboxylic acids is 1. The lowest BCUT2D eigenvalue weighted by Gasteiger charge is -2.21. The van der Waals surface area contributed by atoms with Gasteiger partial charge in [-0.05, 0) is 34.7 Å². The lowest BCUT2D eigenvalue weighted by atomic mass is 9.96. The Hall–Kier alpha value is -3.88. The number of aliphatic hydroxyl groups is 2. The second kappa shape index (κ2) is 10.6. The van der Waals surface area contributed by atoms with Gasteiger partial charge in [-0.1, -0.05) is 60.7 Å². The summed E-state index contributed by atoms with van der Waals surface area (Å²) in [5.41, 5.74) is 4.29. The number of hydrogen-bond donors (Lipinski definition) is 4. The van der Waals surface area contributed by atoms with Crippen LogP contribution in [-0.4, -0.2) is 53.7 Å². The molecule has 182 valence electrons. The normalized spacial score (nSPS) is 13.9. The SMILES string of the molecule is COc1cccc(C(O)C(O)CCNC(=O)OCC2c3ccccc3-c3ccccc32)c1C(=O)O. The van der Waals surface area contributed by atoms with Crippen molar-refractivity contribution in [3.05, 3.63) is 89.0 Å². The molecular weight excluding hydrogens is 450 g/mol. The maximum atomic E-state index is 12.3. The number of amides is 1. The van der Waals surface area contributed by atoms with E-state index in [1.165, 1.54) is 25.3 Å². The predicted molar refractivity (Wildman–Crippen MR) is 129 cm³/mol. The Morgan fingerprint density at radius 1 is 0.943 bits per heavy atom. The van der Waals surface area contributed by atoms with Gasteiger partial charge in [-0.15, -0.1) is 0 Å². The standard InChI is InChI=1S/C27H27NO7/c1-34-23-12-6-11-20(24(23)26(31)32)25(30)22(29)13-14-28-27(33)35-15-21-18-9-4-2-7-16(18)17-8-3-5-10-19(17)21/h2-12,21-22,25,29-30H,13-15H2,1H3,(H,28,33)(H,31,32). The first-order valence-electron chi connectivity index (χ1n) is 11.3. The molecule has 0 bridgehead atoms. The largest absolute Gasteiger partial charge is 0.496 e. The number of fused-ring (bicyclic) bond motifs is 3. The fraction of sp³-hybridized carbons (Fsp3) is 0.259. The minimum Gasteiger partial charge on any atom is -0.496 e. The summed E-state index contributed by atoms with van der Waals surface area (Å²) in [6.45, 7) is 0.193. The maximum Gasteiger partial charge on any atom is 0.407 e. The minimum absolute atomic E-state index is 0.0123. The van der Waals surface area contributed by atoms with Crippen molar-refractivity contribution in [3.8, 4) is 16.9 Å². The van der Waals surface area contributed by atoms with E-state index in [-0.39, 0.29) is 42.4 Å². The topological polar surface area (TPSA) is 125 Å². The maximum absolute atomic E-state index is 12.3. The zero-order valence-electron chi connectivity index (χ0n) is 19.2. The molecule has 3 aromatic carbocycles. The molecule has 2 unspecified atom stereocenters. The minimum atomic E-state index is -1.47. The van der Waals surface area contributed by atoms with Gasteiger partial charge in [0.25, 0.3) is 0 Å². The van der Waals surface area contributed by atoms with Crippen LogP contribution < -0.4 is 10.1 Å². The number of benzene rings is 3. The zero-order chi connectivity index (χ0) is 24.9. The third kappa shape index (κ3) is 4.99. The quantitative estimate of drug-likeness (QED) is 0.370. The van der Waals surface area contributed by atoms with E-state index in [4.69, 9.17) is 9.47 Å². The lowest BCUT2D eigenvalue weighted by Crippen LogP contribution is -2.31. The first kappa shape index (κ1) is 24.3. The summed E-state index contributed by atoms with van der Waals surface area (Å²) in [6.07, 6.45) is -3.43. The van der Waals surface area contributed by atoms with Gasteiger partial charge in [0.2, 0.25) is 0 Å². The summed E-state index contributed by atoms with van der Waals surface area (Å²) >= 11 is 0. The third-order valence-electron chi connectivity index (χ3n) is 6.23. The molecular formula is C27H27NO7. The van der Waals surface area contributed by atoms with Gasteiger partial charge in [0.05, 0.1) is 13.2 Å². The van der Waals surface area contributed by atoms with Crippen molar-refractivity contribution in [1.82, 2.24) is 5.32 Å². The molecule has 0 aromatic heterocycles. The average molecular weight is 478 g/mol. The highest BCUT2D eigenvalue weighted by atomic mass is 16.5. The van der Waals surface area contributed by atoms with Crippen LogP contribution in [0.5, 0.6) is 5.75 Å². The second-order valence-electron chi connectivity index (χ2n) is 8.28. The number of aliphatic hydroxyl groups excluding tert-OH is 2. The number of carbonyl (C=O) groups is 2. The van der Waals surface area contributed by atoms with Crippen LogP contribution in [0, 0.1) is 0 Å². The summed E-state index contributed by atoms with van der Waals surface area (Å²) in [5, 5.41) is 33.0. The molecule has 3 aromatic rings. The van der Waals surface area contributed by atoms with E-state index >= 15 is 0 Å². The molecule has 0 radical (unpaired) electrons. The molecule has 8 nitrogen and oxygen atoms in total. The molecule has 2 atom stereocenters. The molecule has 4 N–H and O–H groups in total. The van der Waals surface area contributed by atoms with Gasteiger partial charge in [0.1, 0.15) is 24.0 Å². The van der Waals surface area contributed by atoms with E-state index in [1.807, 2.05) is 36.4 Å². The van der Waals surface area contributed by atoms with E-state index in [0.29, 0.717) is 0 Å². The number of aromatic carboxylic acids is 1. The number of rotatable bonds is 9. The summed E-state index contributed by atoms with van der Waals surface area (Å²) < 4.78 is 10.5. The van der Waals surface area contributed by atoms with Gasteiger partial charge < -0.3 is 30.1 Å². The fourth-order valence-corrected chi connectivity index (χ4v) is 4.53. The molecule has 0 saturated carbocycles. The number of hydrogen-bond acceptors (Lipinski definition) is 6. The summed E-state index contributed by atoms with van der Waals surface area (Å²) in [5.74, 6) is -1.26. The van der Waals surface area contributed by atoms with Crippen LogP contribution in [0.15, 0.2) is 66.7 Å². The van der Waals surface area contributed by atoms with Crippen LogP contribution in [-0.2, 0) is 4.74 Å². The lowest BCUT2D eigenvalue weighted by molar-refractivity contribution is 0.0126. The molecule has 0 aliphatic heterocycles. The van der Waals surface area contributed by atoms with E-state index < -0.39 is 24.3 Å². The van der Waals surface area contributed by atoms with Crippen molar-refractivity contribution in [3.63, 3.8) is 0 Å². The van der Waals surface area contributed by atoms with Gasteiger partial charge in [0, 0.05) is 18.0 Å². The fourth-order valence-electron chi connectivity index (χ4n) is 4.53. The van der Waals surface area contributed by atoms with E-state index in [1.54, 1.807) is 0 Å². The van der Waals surface area contributed by atoms with Crippen molar-refractivity contribution < 1.29 is 34.4 Å². The summed E-state index contributed by atoms with van der Waals surface area (Å²) in [4.78, 5) is 23.9. The zero-order valence-corrected chi connectivity index (χ0v) is 19.2. The van der Waals surface area contributed by atoms with E-state index in [9.17, 15) is 24.9 Å². The number of methoxy groups -OCH3 is 1.